The van der Waals surface area contributed by atoms with Crippen molar-refractivity contribution in [2.45, 2.75) is 53.9 Å². The Morgan fingerprint density at radius 1 is 0.533 bits per heavy atom. The fraction of sp³-hybridized carbons (Fsp3) is 0.244. The molecule has 0 bridgehead atoms. The van der Waals surface area contributed by atoms with Crippen LogP contribution < -0.4 is 26.6 Å². The number of fused-ring (bicyclic) bond motifs is 4. The maximum absolute atomic E-state index is 4.71. The highest BCUT2D eigenvalue weighted by Crippen LogP contribution is 2.32. The van der Waals surface area contributed by atoms with Crippen molar-refractivity contribution in [3.05, 3.63) is 130 Å². The van der Waals surface area contributed by atoms with E-state index in [0.717, 1.165) is 82.6 Å². The Labute approximate surface area is 355 Å². The van der Waals surface area contributed by atoms with E-state index in [9.17, 15) is 0 Å². The molecular weight excluding hydrogens is 772 g/mol. The number of para-hydroxylation sites is 2. The van der Waals surface area contributed by atoms with E-state index in [1.807, 2.05) is 26.5 Å². The first-order valence-corrected chi connectivity index (χ1v) is 19.8. The number of nitrogens with one attached hydrogen (secondary N) is 5. The largest absolute Gasteiger partial charge is 0.338 e. The lowest BCUT2D eigenvalue weighted by Gasteiger charge is -2.10. The predicted molar refractivity (Wildman–Crippen MR) is 243 cm³/mol. The molecule has 2 aliphatic rings. The van der Waals surface area contributed by atoms with E-state index in [1.165, 1.54) is 44.5 Å². The van der Waals surface area contributed by atoms with Crippen LogP contribution in [0.4, 0.5) is 46.3 Å². The summed E-state index contributed by atoms with van der Waals surface area (Å²) < 4.78 is 3.57. The van der Waals surface area contributed by atoms with E-state index in [-0.39, 0.29) is 12.4 Å². The molecule has 2 aliphatic heterocycles. The molecule has 0 aliphatic carbocycles. The van der Waals surface area contributed by atoms with Gasteiger partial charge in [0.25, 0.3) is 0 Å². The van der Waals surface area contributed by atoms with Crippen LogP contribution in [0.25, 0.3) is 22.1 Å². The Kier molecular flexibility index (Phi) is 11.1. The molecule has 0 radical (unpaired) electrons. The van der Waals surface area contributed by atoms with E-state index in [0.29, 0.717) is 11.9 Å². The highest BCUT2D eigenvalue weighted by molar-refractivity contribution is 5.91. The standard InChI is InChI=1S/C23H25N7.C22H23N7.ClH/c1-14-6-5-7-15(2)20(14)26-21-19-11-24-23(27-22(19)30(4)28-21)25-18-9-8-16-12-29(3)13-17(16)10-18;1-13-5-4-6-14(2)19(13)26-20-18-12-24-22(27-21(18)29(3)28-20)25-17-8-7-15-10-23-11-16(15)9-17;/h5-11H,12-13H2,1-4H3,(H,26,28)(H,24,25,27);4-9,12,23H,10-11H2,1-3H3,(H,26,28)(H,24,25,27);1H. The molecule has 4 aromatic carbocycles. The highest BCUT2D eigenvalue weighted by Gasteiger charge is 2.18. The number of aryl methyl sites for hydroxylation is 6. The summed E-state index contributed by atoms with van der Waals surface area (Å²) in [6.07, 6.45) is 3.65. The third-order valence-electron chi connectivity index (χ3n) is 11.0. The van der Waals surface area contributed by atoms with E-state index in [2.05, 4.69) is 159 Å². The summed E-state index contributed by atoms with van der Waals surface area (Å²) in [6.45, 7) is 12.2. The number of nitrogens with zero attached hydrogens (tertiary/aromatic N) is 9. The second-order valence-corrected chi connectivity index (χ2v) is 15.6. The minimum Gasteiger partial charge on any atom is -0.338 e. The lowest BCUT2D eigenvalue weighted by Crippen LogP contribution is -2.07. The second kappa shape index (κ2) is 16.6. The lowest BCUT2D eigenvalue weighted by molar-refractivity contribution is 0.353. The number of aromatic nitrogens is 8. The van der Waals surface area contributed by atoms with Crippen LogP contribution in [0.3, 0.4) is 0 Å². The van der Waals surface area contributed by atoms with Gasteiger partial charge in [0.05, 0.1) is 10.8 Å². The van der Waals surface area contributed by atoms with E-state index < -0.39 is 0 Å². The number of halogens is 1. The Hall–Kier alpha value is -6.61. The normalized spacial score (nSPS) is 13.1. The summed E-state index contributed by atoms with van der Waals surface area (Å²) in [5.74, 6) is 2.65. The van der Waals surface area contributed by atoms with Gasteiger partial charge in [-0.25, -0.2) is 19.3 Å². The number of hydrogen-bond acceptors (Lipinski definition) is 12. The zero-order valence-electron chi connectivity index (χ0n) is 34.8. The summed E-state index contributed by atoms with van der Waals surface area (Å²) in [6, 6.07) is 25.3. The molecule has 8 aromatic rings. The average molecular weight is 821 g/mol. The van der Waals surface area contributed by atoms with Gasteiger partial charge in [0, 0.05) is 75.4 Å². The van der Waals surface area contributed by atoms with Crippen molar-refractivity contribution in [3.63, 3.8) is 0 Å². The van der Waals surface area contributed by atoms with Crippen molar-refractivity contribution < 1.29 is 0 Å². The van der Waals surface area contributed by atoms with Gasteiger partial charge in [0.2, 0.25) is 11.9 Å². The van der Waals surface area contributed by atoms with Crippen LogP contribution >= 0.6 is 12.4 Å². The third kappa shape index (κ3) is 8.04. The molecule has 0 fully saturated rings. The molecule has 0 saturated carbocycles. The topological polar surface area (TPSA) is 151 Å². The maximum Gasteiger partial charge on any atom is 0.229 e. The first-order valence-electron chi connectivity index (χ1n) is 19.8. The van der Waals surface area contributed by atoms with Crippen molar-refractivity contribution in [2.24, 2.45) is 14.1 Å². The Morgan fingerprint density at radius 2 is 0.983 bits per heavy atom. The SMILES string of the molecule is Cc1cccc(C)c1Nc1nn(C)c2nc(Nc3ccc4c(c3)CN(C)C4)ncc12.Cc1cccc(C)c1Nc1nn(C)c2nc(Nc3ccc4c(c3)CNC4)ncc12.Cl. The second-order valence-electron chi connectivity index (χ2n) is 15.6. The minimum atomic E-state index is 0. The fourth-order valence-corrected chi connectivity index (χ4v) is 7.91. The van der Waals surface area contributed by atoms with Crippen molar-refractivity contribution >= 4 is 80.8 Å². The minimum absolute atomic E-state index is 0. The van der Waals surface area contributed by atoms with Crippen LogP contribution in [-0.4, -0.2) is 51.4 Å². The summed E-state index contributed by atoms with van der Waals surface area (Å²) in [4.78, 5) is 20.8. The molecule has 6 heterocycles. The number of hydrogen-bond donors (Lipinski definition) is 5. The first-order chi connectivity index (χ1) is 28.6. The Morgan fingerprint density at radius 3 is 1.50 bits per heavy atom. The Balaban J connectivity index is 0.000000164. The van der Waals surface area contributed by atoms with Crippen LogP contribution in [0.15, 0.2) is 85.2 Å². The number of benzene rings is 4. The van der Waals surface area contributed by atoms with Crippen LogP contribution in [0.2, 0.25) is 0 Å². The monoisotopic (exact) mass is 820 g/mol. The van der Waals surface area contributed by atoms with E-state index >= 15 is 0 Å². The molecule has 60 heavy (non-hydrogen) atoms. The smallest absolute Gasteiger partial charge is 0.229 e. The average Bonchev–Trinajstić information content (AvgIpc) is 3.99. The molecule has 14 nitrogen and oxygen atoms in total. The van der Waals surface area contributed by atoms with Gasteiger partial charge in [-0.05, 0) is 104 Å². The zero-order chi connectivity index (χ0) is 40.8. The van der Waals surface area contributed by atoms with E-state index in [1.54, 1.807) is 9.36 Å². The maximum atomic E-state index is 4.71. The quantitative estimate of drug-likeness (QED) is 0.0996. The summed E-state index contributed by atoms with van der Waals surface area (Å²) in [5.41, 5.74) is 15.8. The molecule has 0 saturated heterocycles. The summed E-state index contributed by atoms with van der Waals surface area (Å²) >= 11 is 0. The van der Waals surface area contributed by atoms with Gasteiger partial charge >= 0.3 is 0 Å². The van der Waals surface area contributed by atoms with Gasteiger partial charge in [-0.3, -0.25) is 4.90 Å². The number of anilines is 8. The predicted octanol–water partition coefficient (Wildman–Crippen LogP) is 8.91. The highest BCUT2D eigenvalue weighted by atomic mass is 35.5. The molecule has 15 heteroatoms. The molecule has 0 spiro atoms. The molecule has 0 unspecified atom stereocenters. The fourth-order valence-electron chi connectivity index (χ4n) is 7.91. The summed E-state index contributed by atoms with van der Waals surface area (Å²) in [7, 11) is 5.94. The van der Waals surface area contributed by atoms with Gasteiger partial charge < -0.3 is 26.6 Å². The molecule has 5 N–H and O–H groups in total. The molecular formula is C45H49ClN14. The van der Waals surface area contributed by atoms with Crippen molar-refractivity contribution in [1.82, 2.24) is 49.7 Å². The van der Waals surface area contributed by atoms with Crippen molar-refractivity contribution in [1.29, 1.82) is 0 Å². The van der Waals surface area contributed by atoms with E-state index in [4.69, 9.17) is 9.97 Å². The van der Waals surface area contributed by atoms with Gasteiger partial charge in [-0.2, -0.15) is 20.2 Å². The van der Waals surface area contributed by atoms with Crippen LogP contribution in [0.1, 0.15) is 44.5 Å². The Bertz CT molecular complexity index is 2840. The van der Waals surface area contributed by atoms with Crippen molar-refractivity contribution in [2.75, 3.05) is 28.3 Å². The van der Waals surface area contributed by atoms with Crippen molar-refractivity contribution in [3.8, 4) is 0 Å². The van der Waals surface area contributed by atoms with Crippen LogP contribution in [0, 0.1) is 27.7 Å². The lowest BCUT2D eigenvalue weighted by atomic mass is 10.1. The molecule has 306 valence electrons. The third-order valence-corrected chi connectivity index (χ3v) is 11.0. The zero-order valence-corrected chi connectivity index (χ0v) is 35.7. The molecule has 0 atom stereocenters. The van der Waals surface area contributed by atoms with Gasteiger partial charge in [-0.1, -0.05) is 48.5 Å². The van der Waals surface area contributed by atoms with Gasteiger partial charge in [0.15, 0.2) is 22.9 Å². The van der Waals surface area contributed by atoms with Crippen LogP contribution in [-0.2, 0) is 40.3 Å². The van der Waals surface area contributed by atoms with Crippen LogP contribution in [0.5, 0.6) is 0 Å². The molecule has 0 amide bonds. The van der Waals surface area contributed by atoms with Gasteiger partial charge in [-0.15, -0.1) is 12.4 Å². The summed E-state index contributed by atoms with van der Waals surface area (Å²) in [5, 5.41) is 28.0. The first kappa shape index (κ1) is 40.2. The molecule has 4 aromatic heterocycles. The van der Waals surface area contributed by atoms with Gasteiger partial charge in [0.1, 0.15) is 0 Å². The number of rotatable bonds is 8. The molecule has 10 rings (SSSR count).